The summed E-state index contributed by atoms with van der Waals surface area (Å²) in [6.07, 6.45) is -0.843. The van der Waals surface area contributed by atoms with Crippen LogP contribution in [0.3, 0.4) is 0 Å². The van der Waals surface area contributed by atoms with Gasteiger partial charge in [-0.3, -0.25) is 0 Å². The minimum absolute atomic E-state index is 0.0790. The van der Waals surface area contributed by atoms with Crippen molar-refractivity contribution in [2.45, 2.75) is 43.9 Å². The second-order valence-electron chi connectivity index (χ2n) is 4.89. The molecular formula is C13H16F4N2. The van der Waals surface area contributed by atoms with Crippen molar-refractivity contribution in [1.82, 2.24) is 0 Å². The highest BCUT2D eigenvalue weighted by Crippen LogP contribution is 2.32. The third-order valence-electron chi connectivity index (χ3n) is 3.46. The molecule has 0 heterocycles. The van der Waals surface area contributed by atoms with Gasteiger partial charge >= 0.3 is 6.18 Å². The summed E-state index contributed by atoms with van der Waals surface area (Å²) in [5.74, 6) is -0.896. The molecule has 1 aromatic rings. The van der Waals surface area contributed by atoms with Gasteiger partial charge in [-0.05, 0) is 31.0 Å². The van der Waals surface area contributed by atoms with Crippen LogP contribution >= 0.6 is 0 Å². The van der Waals surface area contributed by atoms with Crippen LogP contribution in [0.4, 0.5) is 23.2 Å². The first-order chi connectivity index (χ1) is 8.88. The molecule has 0 spiro atoms. The van der Waals surface area contributed by atoms with Crippen LogP contribution in [0.15, 0.2) is 18.2 Å². The highest BCUT2D eigenvalue weighted by atomic mass is 19.4. The highest BCUT2D eigenvalue weighted by molar-refractivity contribution is 5.48. The zero-order valence-corrected chi connectivity index (χ0v) is 10.3. The largest absolute Gasteiger partial charge is 0.416 e. The minimum atomic E-state index is -4.53. The molecule has 1 saturated carbocycles. The van der Waals surface area contributed by atoms with E-state index in [9.17, 15) is 17.6 Å². The molecule has 106 valence electrons. The van der Waals surface area contributed by atoms with E-state index in [0.29, 0.717) is 6.07 Å². The molecule has 0 aromatic heterocycles. The van der Waals surface area contributed by atoms with E-state index in [2.05, 4.69) is 5.32 Å². The van der Waals surface area contributed by atoms with Crippen LogP contribution in [0.1, 0.15) is 31.2 Å². The number of nitrogens with one attached hydrogen (secondary N) is 1. The Labute approximate surface area is 109 Å². The van der Waals surface area contributed by atoms with Crippen LogP contribution < -0.4 is 11.1 Å². The van der Waals surface area contributed by atoms with Gasteiger partial charge in [0.2, 0.25) is 0 Å². The predicted molar refractivity (Wildman–Crippen MR) is 65.3 cm³/mol. The van der Waals surface area contributed by atoms with Gasteiger partial charge in [0.05, 0.1) is 11.3 Å². The van der Waals surface area contributed by atoms with Gasteiger partial charge < -0.3 is 11.1 Å². The molecular weight excluding hydrogens is 260 g/mol. The zero-order valence-electron chi connectivity index (χ0n) is 10.3. The third-order valence-corrected chi connectivity index (χ3v) is 3.46. The Balaban J connectivity index is 2.13. The summed E-state index contributed by atoms with van der Waals surface area (Å²) in [6, 6.07) is 2.34. The molecule has 1 aromatic carbocycles. The van der Waals surface area contributed by atoms with Crippen molar-refractivity contribution >= 4 is 5.69 Å². The van der Waals surface area contributed by atoms with E-state index >= 15 is 0 Å². The number of hydrogen-bond donors (Lipinski definition) is 2. The van der Waals surface area contributed by atoms with Crippen molar-refractivity contribution in [3.63, 3.8) is 0 Å². The fraction of sp³-hybridized carbons (Fsp3) is 0.538. The average Bonchev–Trinajstić information content (AvgIpc) is 2.33. The van der Waals surface area contributed by atoms with E-state index in [1.807, 2.05) is 0 Å². The molecule has 2 rings (SSSR count). The number of hydrogen-bond acceptors (Lipinski definition) is 2. The monoisotopic (exact) mass is 276 g/mol. The van der Waals surface area contributed by atoms with Gasteiger partial charge in [0, 0.05) is 12.1 Å². The van der Waals surface area contributed by atoms with E-state index in [0.717, 1.165) is 37.8 Å². The first-order valence-electron chi connectivity index (χ1n) is 6.27. The molecule has 0 amide bonds. The van der Waals surface area contributed by atoms with E-state index in [4.69, 9.17) is 5.73 Å². The molecule has 1 aliphatic carbocycles. The van der Waals surface area contributed by atoms with Crippen LogP contribution in [0, 0.1) is 5.82 Å². The Bertz CT molecular complexity index is 445. The second-order valence-corrected chi connectivity index (χ2v) is 4.89. The normalized spacial score (nSPS) is 24.3. The van der Waals surface area contributed by atoms with Gasteiger partial charge in [0.15, 0.2) is 0 Å². The predicted octanol–water partition coefficient (Wildman–Crippen LogP) is 3.53. The standard InChI is InChI=1S/C13H16F4N2/c14-9-7-8(13(15,16)17)5-6-11(9)19-12-4-2-1-3-10(12)18/h5-7,10,12,19H,1-4,18H2. The maximum absolute atomic E-state index is 13.7. The van der Waals surface area contributed by atoms with Crippen LogP contribution in [0.5, 0.6) is 0 Å². The summed E-state index contributed by atoms with van der Waals surface area (Å²) in [4.78, 5) is 0. The van der Waals surface area contributed by atoms with E-state index in [1.54, 1.807) is 0 Å². The van der Waals surface area contributed by atoms with Gasteiger partial charge in [0.25, 0.3) is 0 Å². The third kappa shape index (κ3) is 3.37. The second kappa shape index (κ2) is 5.36. The highest BCUT2D eigenvalue weighted by Gasteiger charge is 2.31. The number of alkyl halides is 3. The molecule has 19 heavy (non-hydrogen) atoms. The molecule has 1 aliphatic rings. The van der Waals surface area contributed by atoms with Crippen molar-refractivity contribution in [3.8, 4) is 0 Å². The summed E-state index contributed by atoms with van der Waals surface area (Å²) in [5, 5.41) is 2.91. The summed E-state index contributed by atoms with van der Waals surface area (Å²) in [7, 11) is 0. The number of nitrogens with two attached hydrogens (primary N) is 1. The van der Waals surface area contributed by atoms with Gasteiger partial charge in [-0.25, -0.2) is 4.39 Å². The van der Waals surface area contributed by atoms with Crippen LogP contribution in [-0.2, 0) is 6.18 Å². The number of halogens is 4. The number of benzene rings is 1. The Morgan fingerprint density at radius 3 is 2.42 bits per heavy atom. The number of anilines is 1. The van der Waals surface area contributed by atoms with Gasteiger partial charge in [0.1, 0.15) is 5.82 Å². The number of rotatable bonds is 2. The van der Waals surface area contributed by atoms with E-state index in [1.165, 1.54) is 0 Å². The topological polar surface area (TPSA) is 38.0 Å². The maximum atomic E-state index is 13.7. The zero-order chi connectivity index (χ0) is 14.0. The SMILES string of the molecule is NC1CCCCC1Nc1ccc(C(F)(F)F)cc1F. The lowest BCUT2D eigenvalue weighted by Crippen LogP contribution is -2.42. The van der Waals surface area contributed by atoms with Crippen molar-refractivity contribution < 1.29 is 17.6 Å². The van der Waals surface area contributed by atoms with Gasteiger partial charge in [-0.15, -0.1) is 0 Å². The Kier molecular flexibility index (Phi) is 3.99. The first kappa shape index (κ1) is 14.1. The molecule has 6 heteroatoms. The van der Waals surface area contributed by atoms with Crippen molar-refractivity contribution in [2.75, 3.05) is 5.32 Å². The Morgan fingerprint density at radius 2 is 1.84 bits per heavy atom. The fourth-order valence-corrected chi connectivity index (χ4v) is 2.35. The summed E-state index contributed by atoms with van der Waals surface area (Å²) in [5.41, 5.74) is 5.01. The molecule has 1 fully saturated rings. The lowest BCUT2D eigenvalue weighted by atomic mass is 9.91. The Hall–Kier alpha value is -1.30. The van der Waals surface area contributed by atoms with Crippen molar-refractivity contribution in [3.05, 3.63) is 29.6 Å². The molecule has 0 radical (unpaired) electrons. The summed E-state index contributed by atoms with van der Waals surface area (Å²) >= 11 is 0. The van der Waals surface area contributed by atoms with Crippen molar-refractivity contribution in [2.24, 2.45) is 5.73 Å². The van der Waals surface area contributed by atoms with Gasteiger partial charge in [-0.1, -0.05) is 12.8 Å². The maximum Gasteiger partial charge on any atom is 0.416 e. The lowest BCUT2D eigenvalue weighted by Gasteiger charge is -2.30. The molecule has 0 bridgehead atoms. The molecule has 2 nitrogen and oxygen atoms in total. The summed E-state index contributed by atoms with van der Waals surface area (Å²) < 4.78 is 50.9. The Morgan fingerprint density at radius 1 is 1.16 bits per heavy atom. The molecule has 2 atom stereocenters. The van der Waals surface area contributed by atoms with Gasteiger partial charge in [-0.2, -0.15) is 13.2 Å². The molecule has 3 N–H and O–H groups in total. The molecule has 2 unspecified atom stereocenters. The average molecular weight is 276 g/mol. The first-order valence-corrected chi connectivity index (χ1v) is 6.27. The lowest BCUT2D eigenvalue weighted by molar-refractivity contribution is -0.137. The van der Waals surface area contributed by atoms with E-state index < -0.39 is 17.6 Å². The van der Waals surface area contributed by atoms with Crippen LogP contribution in [-0.4, -0.2) is 12.1 Å². The fourth-order valence-electron chi connectivity index (χ4n) is 2.35. The molecule has 0 saturated heterocycles. The minimum Gasteiger partial charge on any atom is -0.378 e. The smallest absolute Gasteiger partial charge is 0.378 e. The van der Waals surface area contributed by atoms with Crippen molar-refractivity contribution in [1.29, 1.82) is 0 Å². The van der Waals surface area contributed by atoms with Crippen LogP contribution in [0.25, 0.3) is 0 Å². The quantitative estimate of drug-likeness (QED) is 0.811. The van der Waals surface area contributed by atoms with Crippen LogP contribution in [0.2, 0.25) is 0 Å². The summed E-state index contributed by atoms with van der Waals surface area (Å²) in [6.45, 7) is 0. The molecule has 0 aliphatic heterocycles. The van der Waals surface area contributed by atoms with E-state index in [-0.39, 0.29) is 17.8 Å².